The van der Waals surface area contributed by atoms with Crippen LogP contribution in [0.25, 0.3) is 15.9 Å². The van der Waals surface area contributed by atoms with Crippen molar-refractivity contribution in [2.45, 2.75) is 26.3 Å². The van der Waals surface area contributed by atoms with Crippen LogP contribution >= 0.6 is 11.3 Å². The van der Waals surface area contributed by atoms with E-state index in [0.717, 1.165) is 32.8 Å². The number of amides is 1. The van der Waals surface area contributed by atoms with E-state index in [4.69, 9.17) is 0 Å². The number of hydrogen-bond acceptors (Lipinski definition) is 3. The molecule has 0 unspecified atom stereocenters. The molecule has 0 radical (unpaired) electrons. The van der Waals surface area contributed by atoms with E-state index in [1.54, 1.807) is 11.3 Å². The Balaban J connectivity index is 1.51. The molecule has 3 aromatic heterocycles. The number of imidazole rings is 1. The number of para-hydroxylation sites is 1. The largest absolute Gasteiger partial charge is 0.358 e. The highest BCUT2D eigenvalue weighted by atomic mass is 32.1. The van der Waals surface area contributed by atoms with E-state index in [1.807, 2.05) is 60.3 Å². The van der Waals surface area contributed by atoms with Gasteiger partial charge in [-0.15, -0.1) is 11.3 Å². The monoisotopic (exact) mass is 338 g/mol. The Morgan fingerprint density at radius 1 is 1.42 bits per heavy atom. The molecule has 0 bridgehead atoms. The highest BCUT2D eigenvalue weighted by Gasteiger charge is 2.16. The number of H-pyrrole nitrogens is 1. The number of aryl methyl sites for hydroxylation is 1. The first-order valence-electron chi connectivity index (χ1n) is 7.89. The van der Waals surface area contributed by atoms with Crippen molar-refractivity contribution in [3.63, 3.8) is 0 Å². The zero-order valence-electron chi connectivity index (χ0n) is 13.5. The molecular formula is C18H18N4OS. The molecule has 0 saturated heterocycles. The van der Waals surface area contributed by atoms with Crippen LogP contribution in [0.2, 0.25) is 0 Å². The second kappa shape index (κ2) is 5.79. The van der Waals surface area contributed by atoms with E-state index < -0.39 is 0 Å². The van der Waals surface area contributed by atoms with Crippen LogP contribution in [-0.2, 0) is 11.2 Å². The minimum absolute atomic E-state index is 0.00621. The van der Waals surface area contributed by atoms with Gasteiger partial charge in [0, 0.05) is 34.4 Å². The number of hydrogen-bond donors (Lipinski definition) is 2. The van der Waals surface area contributed by atoms with Gasteiger partial charge in [-0.1, -0.05) is 18.2 Å². The Morgan fingerprint density at radius 3 is 3.08 bits per heavy atom. The minimum Gasteiger partial charge on any atom is -0.358 e. The third-order valence-corrected chi connectivity index (χ3v) is 5.07. The number of aromatic nitrogens is 3. The maximum absolute atomic E-state index is 12.5. The number of rotatable bonds is 4. The fourth-order valence-corrected chi connectivity index (χ4v) is 3.75. The third kappa shape index (κ3) is 2.59. The lowest BCUT2D eigenvalue weighted by molar-refractivity contribution is -0.121. The molecular weight excluding hydrogens is 320 g/mol. The summed E-state index contributed by atoms with van der Waals surface area (Å²) in [4.78, 5) is 21.3. The summed E-state index contributed by atoms with van der Waals surface area (Å²) < 4.78 is 1.98. The van der Waals surface area contributed by atoms with Gasteiger partial charge in [-0.2, -0.15) is 0 Å². The van der Waals surface area contributed by atoms with Crippen LogP contribution in [0.3, 0.4) is 0 Å². The second-order valence-corrected chi connectivity index (χ2v) is 6.87. The lowest BCUT2D eigenvalue weighted by atomic mass is 10.1. The fraction of sp³-hybridized carbons (Fsp3) is 0.222. The molecule has 0 aliphatic rings. The minimum atomic E-state index is -0.116. The standard InChI is InChI=1S/C18H18N4OS/c1-11-14(13-5-3-4-6-15(13)19-11)9-17(23)20-12(2)16-10-22-7-8-24-18(22)21-16/h3-8,10,12,19H,9H2,1-2H3,(H,20,23)/t12-/m0/s1. The number of nitrogens with one attached hydrogen (secondary N) is 2. The van der Waals surface area contributed by atoms with Crippen molar-refractivity contribution >= 4 is 33.1 Å². The molecule has 1 amide bonds. The highest BCUT2D eigenvalue weighted by Crippen LogP contribution is 2.23. The average Bonchev–Trinajstić information content (AvgIpc) is 3.21. The van der Waals surface area contributed by atoms with E-state index in [0.29, 0.717) is 6.42 Å². The molecule has 0 saturated carbocycles. The van der Waals surface area contributed by atoms with Gasteiger partial charge < -0.3 is 10.3 Å². The number of carbonyl (C=O) groups excluding carboxylic acids is 1. The summed E-state index contributed by atoms with van der Waals surface area (Å²) >= 11 is 1.59. The van der Waals surface area contributed by atoms with Crippen molar-refractivity contribution in [2.75, 3.05) is 0 Å². The highest BCUT2D eigenvalue weighted by molar-refractivity contribution is 7.15. The van der Waals surface area contributed by atoms with Crippen LogP contribution in [0.4, 0.5) is 0 Å². The molecule has 4 rings (SSSR count). The number of thiazole rings is 1. The van der Waals surface area contributed by atoms with E-state index in [1.165, 1.54) is 0 Å². The molecule has 0 spiro atoms. The van der Waals surface area contributed by atoms with Gasteiger partial charge >= 0.3 is 0 Å². The Labute approximate surface area is 143 Å². The predicted octanol–water partition coefficient (Wildman–Crippen LogP) is 3.61. The molecule has 5 nitrogen and oxygen atoms in total. The Morgan fingerprint density at radius 2 is 2.25 bits per heavy atom. The maximum atomic E-state index is 12.5. The number of aromatic amines is 1. The molecule has 1 atom stereocenters. The smallest absolute Gasteiger partial charge is 0.225 e. The predicted molar refractivity (Wildman–Crippen MR) is 96.4 cm³/mol. The zero-order valence-corrected chi connectivity index (χ0v) is 14.4. The normalized spacial score (nSPS) is 12.8. The summed E-state index contributed by atoms with van der Waals surface area (Å²) in [5.41, 5.74) is 4.05. The van der Waals surface area contributed by atoms with Gasteiger partial charge in [-0.25, -0.2) is 4.98 Å². The molecule has 6 heteroatoms. The molecule has 0 aliphatic heterocycles. The van der Waals surface area contributed by atoms with Crippen LogP contribution in [0.15, 0.2) is 42.0 Å². The Kier molecular flexibility index (Phi) is 3.61. The molecule has 4 aromatic rings. The van der Waals surface area contributed by atoms with Gasteiger partial charge in [0.15, 0.2) is 4.96 Å². The fourth-order valence-electron chi connectivity index (χ4n) is 3.04. The van der Waals surface area contributed by atoms with E-state index >= 15 is 0 Å². The van der Waals surface area contributed by atoms with E-state index in [2.05, 4.69) is 15.3 Å². The first-order chi connectivity index (χ1) is 11.6. The summed E-state index contributed by atoms with van der Waals surface area (Å²) in [6.07, 6.45) is 4.30. The van der Waals surface area contributed by atoms with Crippen LogP contribution in [0.5, 0.6) is 0 Å². The van der Waals surface area contributed by atoms with Crippen LogP contribution in [0, 0.1) is 6.92 Å². The van der Waals surface area contributed by atoms with Crippen LogP contribution in [0.1, 0.15) is 29.9 Å². The van der Waals surface area contributed by atoms with Crippen molar-refractivity contribution in [3.8, 4) is 0 Å². The van der Waals surface area contributed by atoms with Gasteiger partial charge in [-0.05, 0) is 25.5 Å². The molecule has 0 fully saturated rings. The first kappa shape index (κ1) is 15.0. The number of benzene rings is 1. The quantitative estimate of drug-likeness (QED) is 0.597. The summed E-state index contributed by atoms with van der Waals surface area (Å²) in [6.45, 7) is 3.97. The van der Waals surface area contributed by atoms with Crippen molar-refractivity contribution in [3.05, 3.63) is 59.0 Å². The van der Waals surface area contributed by atoms with Crippen molar-refractivity contribution in [1.82, 2.24) is 19.7 Å². The number of fused-ring (bicyclic) bond motifs is 2. The zero-order chi connectivity index (χ0) is 16.7. The molecule has 24 heavy (non-hydrogen) atoms. The van der Waals surface area contributed by atoms with Crippen LogP contribution in [-0.4, -0.2) is 20.3 Å². The number of nitrogens with zero attached hydrogens (tertiary/aromatic N) is 2. The average molecular weight is 338 g/mol. The Hall–Kier alpha value is -2.60. The van der Waals surface area contributed by atoms with Gasteiger partial charge in [-0.3, -0.25) is 9.20 Å². The lowest BCUT2D eigenvalue weighted by Crippen LogP contribution is -2.28. The topological polar surface area (TPSA) is 62.2 Å². The lowest BCUT2D eigenvalue weighted by Gasteiger charge is -2.11. The number of carbonyl (C=O) groups is 1. The molecule has 2 N–H and O–H groups in total. The molecule has 122 valence electrons. The SMILES string of the molecule is Cc1[nH]c2ccccc2c1CC(=O)N[C@@H](C)c1cn2ccsc2n1. The van der Waals surface area contributed by atoms with E-state index in [9.17, 15) is 4.79 Å². The maximum Gasteiger partial charge on any atom is 0.225 e. The summed E-state index contributed by atoms with van der Waals surface area (Å²) in [6, 6.07) is 7.96. The van der Waals surface area contributed by atoms with Gasteiger partial charge in [0.1, 0.15) is 0 Å². The van der Waals surface area contributed by atoms with Crippen molar-refractivity contribution in [2.24, 2.45) is 0 Å². The van der Waals surface area contributed by atoms with Gasteiger partial charge in [0.25, 0.3) is 0 Å². The summed E-state index contributed by atoms with van der Waals surface area (Å²) in [5, 5.41) is 6.16. The molecule has 3 heterocycles. The van der Waals surface area contributed by atoms with Crippen molar-refractivity contribution < 1.29 is 4.79 Å². The van der Waals surface area contributed by atoms with Crippen molar-refractivity contribution in [1.29, 1.82) is 0 Å². The summed E-state index contributed by atoms with van der Waals surface area (Å²) in [5.74, 6) is 0.00621. The van der Waals surface area contributed by atoms with Crippen LogP contribution < -0.4 is 5.32 Å². The second-order valence-electron chi connectivity index (χ2n) is 6.00. The first-order valence-corrected chi connectivity index (χ1v) is 8.77. The van der Waals surface area contributed by atoms with Gasteiger partial charge in [0.2, 0.25) is 5.91 Å². The third-order valence-electron chi connectivity index (χ3n) is 4.30. The molecule has 0 aliphatic carbocycles. The molecule has 1 aromatic carbocycles. The Bertz CT molecular complexity index is 998. The van der Waals surface area contributed by atoms with E-state index in [-0.39, 0.29) is 11.9 Å². The van der Waals surface area contributed by atoms with Gasteiger partial charge in [0.05, 0.1) is 18.2 Å². The summed E-state index contributed by atoms with van der Waals surface area (Å²) in [7, 11) is 0.